The summed E-state index contributed by atoms with van der Waals surface area (Å²) in [5.41, 5.74) is 0.667. The van der Waals surface area contributed by atoms with E-state index >= 15 is 0 Å². The second kappa shape index (κ2) is 6.18. The average Bonchev–Trinajstić information content (AvgIpc) is 3.13. The molecule has 2 aromatic rings. The van der Waals surface area contributed by atoms with Gasteiger partial charge in [-0.2, -0.15) is 4.98 Å². The number of nitrogens with zero attached hydrogens (tertiary/aromatic N) is 3. The zero-order valence-corrected chi connectivity index (χ0v) is 14.1. The van der Waals surface area contributed by atoms with Gasteiger partial charge in [-0.25, -0.2) is 0 Å². The summed E-state index contributed by atoms with van der Waals surface area (Å²) in [6, 6.07) is 1.82. The highest BCUT2D eigenvalue weighted by Crippen LogP contribution is 2.29. The number of likely N-dealkylation sites (tertiary alicyclic amines) is 1. The Kier molecular flexibility index (Phi) is 4.24. The molecular formula is C17H23N3O3. The molecule has 1 saturated heterocycles. The number of carbonyl (C=O) groups is 1. The van der Waals surface area contributed by atoms with Gasteiger partial charge in [-0.15, -0.1) is 0 Å². The first-order valence-corrected chi connectivity index (χ1v) is 8.15. The molecule has 0 bridgehead atoms. The monoisotopic (exact) mass is 317 g/mol. The van der Waals surface area contributed by atoms with Crippen molar-refractivity contribution in [1.82, 2.24) is 15.0 Å². The SMILES string of the molecule is Cc1cc(C(=O)N2CCC(c3nc(C(C)C)no3)CC2)c(C)o1. The summed E-state index contributed by atoms with van der Waals surface area (Å²) in [5, 5.41) is 4.03. The Hall–Kier alpha value is -2.11. The van der Waals surface area contributed by atoms with Crippen LogP contribution in [0.15, 0.2) is 15.0 Å². The van der Waals surface area contributed by atoms with E-state index in [-0.39, 0.29) is 17.7 Å². The van der Waals surface area contributed by atoms with Gasteiger partial charge in [0.1, 0.15) is 11.5 Å². The number of carbonyl (C=O) groups excluding carboxylic acids is 1. The van der Waals surface area contributed by atoms with Gasteiger partial charge < -0.3 is 13.8 Å². The standard InChI is InChI=1S/C17H23N3O3/c1-10(2)15-18-16(23-19-15)13-5-7-20(8-6-13)17(21)14-9-11(3)22-12(14)4/h9-10,13H,5-8H2,1-4H3. The quantitative estimate of drug-likeness (QED) is 0.867. The van der Waals surface area contributed by atoms with Crippen molar-refractivity contribution in [3.8, 4) is 0 Å². The summed E-state index contributed by atoms with van der Waals surface area (Å²) in [6.07, 6.45) is 1.70. The van der Waals surface area contributed by atoms with Gasteiger partial charge in [-0.05, 0) is 32.8 Å². The molecular weight excluding hydrogens is 294 g/mol. The first-order valence-electron chi connectivity index (χ1n) is 8.15. The van der Waals surface area contributed by atoms with Gasteiger partial charge in [0.15, 0.2) is 5.82 Å². The number of piperidine rings is 1. The molecule has 0 radical (unpaired) electrons. The third kappa shape index (κ3) is 3.16. The van der Waals surface area contributed by atoms with E-state index in [1.54, 1.807) is 0 Å². The van der Waals surface area contributed by atoms with Crippen LogP contribution in [0.4, 0.5) is 0 Å². The van der Waals surface area contributed by atoms with Gasteiger partial charge >= 0.3 is 0 Å². The van der Waals surface area contributed by atoms with E-state index in [1.807, 2.05) is 38.7 Å². The van der Waals surface area contributed by atoms with Gasteiger partial charge in [0.05, 0.1) is 5.56 Å². The normalized spacial score (nSPS) is 16.3. The molecule has 2 aromatic heterocycles. The highest BCUT2D eigenvalue weighted by molar-refractivity contribution is 5.95. The van der Waals surface area contributed by atoms with Crippen molar-refractivity contribution >= 4 is 5.91 Å². The minimum atomic E-state index is 0.0474. The fourth-order valence-electron chi connectivity index (χ4n) is 2.99. The van der Waals surface area contributed by atoms with Crippen LogP contribution in [0.3, 0.4) is 0 Å². The van der Waals surface area contributed by atoms with Crippen LogP contribution in [-0.4, -0.2) is 34.0 Å². The maximum atomic E-state index is 12.6. The fraction of sp³-hybridized carbons (Fsp3) is 0.588. The van der Waals surface area contributed by atoms with Gasteiger partial charge in [0.2, 0.25) is 5.89 Å². The lowest BCUT2D eigenvalue weighted by atomic mass is 9.96. The molecule has 0 N–H and O–H groups in total. The first kappa shape index (κ1) is 15.8. The summed E-state index contributed by atoms with van der Waals surface area (Å²) in [6.45, 7) is 9.19. The van der Waals surface area contributed by atoms with Crippen molar-refractivity contribution in [3.05, 3.63) is 34.9 Å². The second-order valence-corrected chi connectivity index (χ2v) is 6.54. The minimum Gasteiger partial charge on any atom is -0.466 e. The van der Waals surface area contributed by atoms with E-state index in [4.69, 9.17) is 8.94 Å². The number of amides is 1. The molecule has 1 aliphatic rings. The van der Waals surface area contributed by atoms with Crippen molar-refractivity contribution in [1.29, 1.82) is 0 Å². The summed E-state index contributed by atoms with van der Waals surface area (Å²) >= 11 is 0. The number of rotatable bonds is 3. The maximum absolute atomic E-state index is 12.6. The molecule has 0 aromatic carbocycles. The predicted octanol–water partition coefficient (Wildman–Crippen LogP) is 3.42. The Bertz CT molecular complexity index is 694. The van der Waals surface area contributed by atoms with Gasteiger partial charge in [-0.3, -0.25) is 4.79 Å². The Labute approximate surface area is 135 Å². The van der Waals surface area contributed by atoms with Gasteiger partial charge in [-0.1, -0.05) is 19.0 Å². The maximum Gasteiger partial charge on any atom is 0.257 e. The fourth-order valence-corrected chi connectivity index (χ4v) is 2.99. The number of aromatic nitrogens is 2. The molecule has 0 atom stereocenters. The molecule has 6 nitrogen and oxygen atoms in total. The molecule has 3 rings (SSSR count). The molecule has 1 aliphatic heterocycles. The number of hydrogen-bond acceptors (Lipinski definition) is 5. The molecule has 6 heteroatoms. The Morgan fingerprint density at radius 2 is 2.00 bits per heavy atom. The summed E-state index contributed by atoms with van der Waals surface area (Å²) < 4.78 is 10.8. The van der Waals surface area contributed by atoms with Crippen LogP contribution in [0.1, 0.15) is 72.1 Å². The third-order valence-electron chi connectivity index (χ3n) is 4.38. The molecule has 124 valence electrons. The van der Waals surface area contributed by atoms with Gasteiger partial charge in [0.25, 0.3) is 5.91 Å². The number of aryl methyl sites for hydroxylation is 2. The summed E-state index contributed by atoms with van der Waals surface area (Å²) in [4.78, 5) is 19.0. The van der Waals surface area contributed by atoms with Crippen LogP contribution >= 0.6 is 0 Å². The van der Waals surface area contributed by atoms with Crippen molar-refractivity contribution in [2.75, 3.05) is 13.1 Å². The number of furan rings is 1. The molecule has 0 saturated carbocycles. The predicted molar refractivity (Wildman–Crippen MR) is 84.4 cm³/mol. The van der Waals surface area contributed by atoms with Crippen molar-refractivity contribution in [3.63, 3.8) is 0 Å². The molecule has 0 unspecified atom stereocenters. The van der Waals surface area contributed by atoms with Gasteiger partial charge in [0, 0.05) is 24.9 Å². The van der Waals surface area contributed by atoms with Crippen LogP contribution in [0.5, 0.6) is 0 Å². The summed E-state index contributed by atoms with van der Waals surface area (Å²) in [7, 11) is 0. The van der Waals surface area contributed by atoms with E-state index in [1.165, 1.54) is 0 Å². The van der Waals surface area contributed by atoms with E-state index in [0.29, 0.717) is 30.3 Å². The minimum absolute atomic E-state index is 0.0474. The summed E-state index contributed by atoms with van der Waals surface area (Å²) in [5.74, 6) is 3.47. The van der Waals surface area contributed by atoms with Crippen molar-refractivity contribution < 1.29 is 13.7 Å². The van der Waals surface area contributed by atoms with Crippen LogP contribution in [-0.2, 0) is 0 Å². The highest BCUT2D eigenvalue weighted by atomic mass is 16.5. The topological polar surface area (TPSA) is 72.4 Å². The molecule has 0 spiro atoms. The first-order chi connectivity index (χ1) is 11.0. The van der Waals surface area contributed by atoms with Crippen LogP contribution < -0.4 is 0 Å². The average molecular weight is 317 g/mol. The Balaban J connectivity index is 1.63. The Morgan fingerprint density at radius 3 is 2.52 bits per heavy atom. The zero-order valence-electron chi connectivity index (χ0n) is 14.1. The number of hydrogen-bond donors (Lipinski definition) is 0. The van der Waals surface area contributed by atoms with E-state index < -0.39 is 0 Å². The van der Waals surface area contributed by atoms with Crippen molar-refractivity contribution in [2.24, 2.45) is 0 Å². The second-order valence-electron chi connectivity index (χ2n) is 6.54. The lowest BCUT2D eigenvalue weighted by Gasteiger charge is -2.30. The van der Waals surface area contributed by atoms with Crippen LogP contribution in [0.25, 0.3) is 0 Å². The molecule has 1 fully saturated rings. The third-order valence-corrected chi connectivity index (χ3v) is 4.38. The molecule has 23 heavy (non-hydrogen) atoms. The highest BCUT2D eigenvalue weighted by Gasteiger charge is 2.29. The van der Waals surface area contributed by atoms with E-state index in [2.05, 4.69) is 10.1 Å². The molecule has 3 heterocycles. The van der Waals surface area contributed by atoms with Crippen LogP contribution in [0.2, 0.25) is 0 Å². The molecule has 0 aliphatic carbocycles. The van der Waals surface area contributed by atoms with Crippen LogP contribution in [0, 0.1) is 13.8 Å². The Morgan fingerprint density at radius 1 is 1.30 bits per heavy atom. The lowest BCUT2D eigenvalue weighted by Crippen LogP contribution is -2.38. The van der Waals surface area contributed by atoms with Crippen molar-refractivity contribution in [2.45, 2.75) is 52.4 Å². The largest absolute Gasteiger partial charge is 0.466 e. The lowest BCUT2D eigenvalue weighted by molar-refractivity contribution is 0.0702. The van der Waals surface area contributed by atoms with E-state index in [0.717, 1.165) is 24.4 Å². The zero-order chi connectivity index (χ0) is 16.6. The van der Waals surface area contributed by atoms with E-state index in [9.17, 15) is 4.79 Å². The molecule has 1 amide bonds. The smallest absolute Gasteiger partial charge is 0.257 e.